The van der Waals surface area contributed by atoms with E-state index in [9.17, 15) is 13.2 Å². The molecule has 3 heterocycles. The maximum absolute atomic E-state index is 12.5. The molecule has 4 aromatic rings. The SMILES string of the molecule is Cn1nc(Br)nc1-n1nc(-c2ccn[nH]2)nc1-c1cccc(OCC(F)(F)F)c1. The van der Waals surface area contributed by atoms with Gasteiger partial charge >= 0.3 is 6.18 Å². The molecule has 29 heavy (non-hydrogen) atoms. The van der Waals surface area contributed by atoms with Crippen LogP contribution in [0.3, 0.4) is 0 Å². The number of aromatic amines is 1. The normalized spacial score (nSPS) is 11.8. The van der Waals surface area contributed by atoms with Crippen molar-refractivity contribution in [1.82, 2.24) is 39.7 Å². The lowest BCUT2D eigenvalue weighted by Gasteiger charge is -2.10. The highest BCUT2D eigenvalue weighted by Crippen LogP contribution is 2.28. The Labute approximate surface area is 169 Å². The van der Waals surface area contributed by atoms with Crippen LogP contribution in [0.5, 0.6) is 5.75 Å². The molecule has 0 spiro atoms. The van der Waals surface area contributed by atoms with Gasteiger partial charge in [-0.2, -0.15) is 27.9 Å². The first-order valence-electron chi connectivity index (χ1n) is 8.14. The van der Waals surface area contributed by atoms with E-state index in [2.05, 4.69) is 46.3 Å². The van der Waals surface area contributed by atoms with Gasteiger partial charge in [0.1, 0.15) is 11.4 Å². The van der Waals surface area contributed by atoms with E-state index in [-0.39, 0.29) is 5.75 Å². The first kappa shape index (κ1) is 19.1. The standard InChI is InChI=1S/C16H12BrF3N8O/c1-27-15(23-14(17)26-27)28-13(22-12(25-28)11-5-6-21-24-11)9-3-2-4-10(7-9)29-8-16(18,19)20/h2-7H,8H2,1H3,(H,21,24). The second-order valence-electron chi connectivity index (χ2n) is 5.88. The number of ether oxygens (including phenoxy) is 1. The van der Waals surface area contributed by atoms with Crippen LogP contribution in [-0.2, 0) is 7.05 Å². The van der Waals surface area contributed by atoms with Crippen molar-refractivity contribution in [3.05, 3.63) is 41.3 Å². The molecule has 0 atom stereocenters. The van der Waals surface area contributed by atoms with Crippen LogP contribution in [0.15, 0.2) is 41.3 Å². The molecule has 0 unspecified atom stereocenters. The van der Waals surface area contributed by atoms with Crippen LogP contribution >= 0.6 is 15.9 Å². The summed E-state index contributed by atoms with van der Waals surface area (Å²) < 4.78 is 45.5. The van der Waals surface area contributed by atoms with Gasteiger partial charge in [0.15, 0.2) is 18.3 Å². The summed E-state index contributed by atoms with van der Waals surface area (Å²) in [5.41, 5.74) is 1.05. The minimum absolute atomic E-state index is 0.0524. The molecule has 3 aromatic heterocycles. The molecule has 0 fully saturated rings. The first-order chi connectivity index (χ1) is 13.8. The van der Waals surface area contributed by atoms with Gasteiger partial charge in [0.05, 0.1) is 0 Å². The van der Waals surface area contributed by atoms with Crippen LogP contribution in [0, 0.1) is 0 Å². The fourth-order valence-electron chi connectivity index (χ4n) is 2.55. The summed E-state index contributed by atoms with van der Waals surface area (Å²) in [6, 6.07) is 7.84. The van der Waals surface area contributed by atoms with Gasteiger partial charge in [0.25, 0.3) is 5.95 Å². The Morgan fingerprint density at radius 1 is 1.17 bits per heavy atom. The molecule has 0 aliphatic carbocycles. The Kier molecular flexibility index (Phi) is 4.82. The molecule has 13 heteroatoms. The summed E-state index contributed by atoms with van der Waals surface area (Å²) in [6.45, 7) is -1.39. The largest absolute Gasteiger partial charge is 0.484 e. The van der Waals surface area contributed by atoms with E-state index < -0.39 is 12.8 Å². The molecule has 0 bridgehead atoms. The topological polar surface area (TPSA) is 99.3 Å². The Morgan fingerprint density at radius 2 is 2.00 bits per heavy atom. The van der Waals surface area contributed by atoms with Gasteiger partial charge in [-0.15, -0.1) is 10.2 Å². The molecule has 0 amide bonds. The zero-order valence-electron chi connectivity index (χ0n) is 14.7. The van der Waals surface area contributed by atoms with E-state index in [0.29, 0.717) is 33.6 Å². The van der Waals surface area contributed by atoms with Gasteiger partial charge in [-0.3, -0.25) is 5.10 Å². The Morgan fingerprint density at radius 3 is 2.66 bits per heavy atom. The number of rotatable bonds is 5. The summed E-state index contributed by atoms with van der Waals surface area (Å²) in [5, 5.41) is 15.2. The minimum Gasteiger partial charge on any atom is -0.484 e. The maximum Gasteiger partial charge on any atom is 0.422 e. The van der Waals surface area contributed by atoms with E-state index in [1.807, 2.05) is 0 Å². The average molecular weight is 469 g/mol. The van der Waals surface area contributed by atoms with Crippen LogP contribution in [0.25, 0.3) is 28.9 Å². The van der Waals surface area contributed by atoms with Gasteiger partial charge in [-0.1, -0.05) is 12.1 Å². The molecule has 0 saturated heterocycles. The lowest BCUT2D eigenvalue weighted by molar-refractivity contribution is -0.153. The van der Waals surface area contributed by atoms with Gasteiger partial charge in [0.2, 0.25) is 4.73 Å². The molecule has 9 nitrogen and oxygen atoms in total. The third-order valence-corrected chi connectivity index (χ3v) is 4.08. The molecular weight excluding hydrogens is 457 g/mol. The predicted octanol–water partition coefficient (Wildman–Crippen LogP) is 3.16. The van der Waals surface area contributed by atoms with Crippen LogP contribution in [0.2, 0.25) is 0 Å². The number of aromatic nitrogens is 8. The summed E-state index contributed by atoms with van der Waals surface area (Å²) in [6.07, 6.45) is -2.88. The summed E-state index contributed by atoms with van der Waals surface area (Å²) in [4.78, 5) is 8.78. The summed E-state index contributed by atoms with van der Waals surface area (Å²) in [5.74, 6) is 1.08. The van der Waals surface area contributed by atoms with E-state index in [1.165, 1.54) is 21.5 Å². The summed E-state index contributed by atoms with van der Waals surface area (Å²) >= 11 is 3.21. The van der Waals surface area contributed by atoms with Gasteiger partial charge in [-0.25, -0.2) is 9.67 Å². The van der Waals surface area contributed by atoms with Crippen LogP contribution in [-0.4, -0.2) is 52.5 Å². The number of hydrogen-bond acceptors (Lipinski definition) is 6. The number of aryl methyl sites for hydroxylation is 1. The third-order valence-electron chi connectivity index (χ3n) is 3.75. The number of H-pyrrole nitrogens is 1. The molecule has 0 saturated carbocycles. The minimum atomic E-state index is -4.44. The van der Waals surface area contributed by atoms with E-state index in [1.54, 1.807) is 31.4 Å². The van der Waals surface area contributed by atoms with Crippen molar-refractivity contribution >= 4 is 15.9 Å². The summed E-state index contributed by atoms with van der Waals surface area (Å²) in [7, 11) is 1.68. The fraction of sp³-hybridized carbons (Fsp3) is 0.188. The van der Waals surface area contributed by atoms with Crippen molar-refractivity contribution < 1.29 is 17.9 Å². The molecular formula is C16H12BrF3N8O. The van der Waals surface area contributed by atoms with Crippen molar-refractivity contribution in [2.24, 2.45) is 7.05 Å². The average Bonchev–Trinajstić information content (AvgIpc) is 3.38. The van der Waals surface area contributed by atoms with Crippen molar-refractivity contribution in [3.8, 4) is 34.6 Å². The van der Waals surface area contributed by atoms with Crippen molar-refractivity contribution in [2.45, 2.75) is 6.18 Å². The van der Waals surface area contributed by atoms with Gasteiger partial charge < -0.3 is 4.74 Å². The number of halogens is 4. The lowest BCUT2D eigenvalue weighted by atomic mass is 10.2. The van der Waals surface area contributed by atoms with Crippen LogP contribution < -0.4 is 4.74 Å². The molecule has 0 aliphatic rings. The van der Waals surface area contributed by atoms with Crippen molar-refractivity contribution in [2.75, 3.05) is 6.61 Å². The first-order valence-corrected chi connectivity index (χ1v) is 8.93. The zero-order chi connectivity index (χ0) is 20.6. The highest BCUT2D eigenvalue weighted by Gasteiger charge is 2.28. The van der Waals surface area contributed by atoms with Crippen molar-refractivity contribution in [1.29, 1.82) is 0 Å². The second-order valence-corrected chi connectivity index (χ2v) is 6.59. The quantitative estimate of drug-likeness (QED) is 0.482. The number of benzene rings is 1. The smallest absolute Gasteiger partial charge is 0.422 e. The molecule has 4 rings (SSSR count). The maximum atomic E-state index is 12.5. The lowest BCUT2D eigenvalue weighted by Crippen LogP contribution is -2.19. The molecule has 1 aromatic carbocycles. The fourth-order valence-corrected chi connectivity index (χ4v) is 2.95. The Balaban J connectivity index is 1.79. The van der Waals surface area contributed by atoms with Crippen LogP contribution in [0.1, 0.15) is 0 Å². The van der Waals surface area contributed by atoms with E-state index in [0.717, 1.165) is 0 Å². The Bertz CT molecular complexity index is 1140. The van der Waals surface area contributed by atoms with E-state index in [4.69, 9.17) is 4.74 Å². The highest BCUT2D eigenvalue weighted by molar-refractivity contribution is 9.10. The van der Waals surface area contributed by atoms with Gasteiger partial charge in [-0.05, 0) is 34.1 Å². The highest BCUT2D eigenvalue weighted by atomic mass is 79.9. The van der Waals surface area contributed by atoms with Crippen molar-refractivity contribution in [3.63, 3.8) is 0 Å². The monoisotopic (exact) mass is 468 g/mol. The second kappa shape index (κ2) is 7.31. The number of alkyl halides is 3. The third kappa shape index (κ3) is 4.13. The predicted molar refractivity (Wildman–Crippen MR) is 98.2 cm³/mol. The zero-order valence-corrected chi connectivity index (χ0v) is 16.3. The number of nitrogens with zero attached hydrogens (tertiary/aromatic N) is 7. The van der Waals surface area contributed by atoms with Gasteiger partial charge in [0, 0.05) is 18.8 Å². The molecule has 1 N–H and O–H groups in total. The van der Waals surface area contributed by atoms with E-state index >= 15 is 0 Å². The molecule has 0 aliphatic heterocycles. The van der Waals surface area contributed by atoms with Crippen LogP contribution in [0.4, 0.5) is 13.2 Å². The molecule has 0 radical (unpaired) electrons. The number of hydrogen-bond donors (Lipinski definition) is 1. The Hall–Kier alpha value is -3.22. The number of nitrogens with one attached hydrogen (secondary N) is 1. The molecule has 150 valence electrons.